The van der Waals surface area contributed by atoms with E-state index in [0.29, 0.717) is 80.5 Å². The Bertz CT molecular complexity index is 1220. The molecule has 1 N–H and O–H groups in total. The van der Waals surface area contributed by atoms with E-state index in [4.69, 9.17) is 25.4 Å². The zero-order valence-electron chi connectivity index (χ0n) is 23.9. The van der Waals surface area contributed by atoms with Crippen molar-refractivity contribution in [2.45, 2.75) is 31.3 Å². The second kappa shape index (κ2) is 18.9. The maximum atomic E-state index is 11.3. The molecule has 0 aromatic heterocycles. The molecule has 2 aromatic rings. The van der Waals surface area contributed by atoms with Gasteiger partial charge in [0, 0.05) is 25.7 Å². The Morgan fingerprint density at radius 3 is 1.67 bits per heavy atom. The van der Waals surface area contributed by atoms with Gasteiger partial charge in [-0.25, -0.2) is 9.59 Å². The fraction of sp³-hybridized carbons (Fsp3) is 0.406. The molecule has 2 fully saturated rings. The Labute approximate surface area is 246 Å². The van der Waals surface area contributed by atoms with Gasteiger partial charge in [-0.15, -0.1) is 6.42 Å². The van der Waals surface area contributed by atoms with Crippen molar-refractivity contribution in [2.24, 2.45) is 0 Å². The number of methoxy groups -OCH3 is 2. The zero-order valence-corrected chi connectivity index (χ0v) is 23.9. The van der Waals surface area contributed by atoms with Crippen LogP contribution in [-0.2, 0) is 23.7 Å². The molecule has 0 radical (unpaired) electrons. The highest BCUT2D eigenvalue weighted by Gasteiger charge is 2.27. The van der Waals surface area contributed by atoms with E-state index in [-0.39, 0.29) is 25.2 Å². The van der Waals surface area contributed by atoms with Crippen LogP contribution in [0.1, 0.15) is 46.4 Å². The third-order valence-electron chi connectivity index (χ3n) is 5.88. The van der Waals surface area contributed by atoms with Crippen LogP contribution in [0.4, 0.5) is 0 Å². The van der Waals surface area contributed by atoms with Crippen LogP contribution in [0.15, 0.2) is 48.5 Å². The van der Waals surface area contributed by atoms with Gasteiger partial charge < -0.3 is 33.5 Å². The Morgan fingerprint density at radius 2 is 1.26 bits per heavy atom. The molecular weight excluding hydrogens is 544 g/mol. The largest absolute Gasteiger partial charge is 0.481 e. The van der Waals surface area contributed by atoms with Crippen molar-refractivity contribution in [3.63, 3.8) is 0 Å². The van der Waals surface area contributed by atoms with Crippen LogP contribution in [0.25, 0.3) is 0 Å². The number of carbonyl (C=O) groups is 3. The lowest BCUT2D eigenvalue weighted by atomic mass is 9.95. The lowest BCUT2D eigenvalue weighted by molar-refractivity contribution is -0.124. The molecule has 4 rings (SSSR count). The van der Waals surface area contributed by atoms with Crippen molar-refractivity contribution in [1.82, 2.24) is 0 Å². The molecule has 0 bridgehead atoms. The molecule has 0 spiro atoms. The third-order valence-corrected chi connectivity index (χ3v) is 5.88. The number of esters is 2. The summed E-state index contributed by atoms with van der Waals surface area (Å²) in [6.45, 7) is 2.73. The van der Waals surface area contributed by atoms with Gasteiger partial charge in [0.15, 0.2) is 0 Å². The highest BCUT2D eigenvalue weighted by atomic mass is 16.5. The normalized spacial score (nSPS) is 15.0. The maximum Gasteiger partial charge on any atom is 0.337 e. The summed E-state index contributed by atoms with van der Waals surface area (Å²) in [6, 6.07) is 13.2. The van der Waals surface area contributed by atoms with E-state index >= 15 is 0 Å². The first-order chi connectivity index (χ1) is 20.3. The topological polar surface area (TPSA) is 127 Å². The minimum absolute atomic E-state index is 0.181. The molecule has 0 saturated carbocycles. The number of ether oxygens (including phenoxy) is 6. The van der Waals surface area contributed by atoms with Crippen LogP contribution in [0.3, 0.4) is 0 Å². The number of aliphatic hydroxyl groups is 1. The second-order valence-electron chi connectivity index (χ2n) is 8.91. The van der Waals surface area contributed by atoms with Crippen LogP contribution in [-0.4, -0.2) is 82.3 Å². The van der Waals surface area contributed by atoms with E-state index in [0.717, 1.165) is 0 Å². The van der Waals surface area contributed by atoms with E-state index in [9.17, 15) is 19.5 Å². The highest BCUT2D eigenvalue weighted by molar-refractivity contribution is 5.89. The summed E-state index contributed by atoms with van der Waals surface area (Å²) in [5.41, 5.74) is -0.0101. The second-order valence-corrected chi connectivity index (χ2v) is 8.91. The molecule has 42 heavy (non-hydrogen) atoms. The number of rotatable bonds is 6. The summed E-state index contributed by atoms with van der Waals surface area (Å²) in [7, 11) is 2.68. The quantitative estimate of drug-likeness (QED) is 0.402. The number of ketones is 1. The van der Waals surface area contributed by atoms with Gasteiger partial charge in [0.25, 0.3) is 0 Å². The van der Waals surface area contributed by atoms with Crippen LogP contribution in [0, 0.1) is 24.2 Å². The first kappa shape index (κ1) is 33.9. The molecule has 10 heteroatoms. The molecule has 2 aromatic carbocycles. The molecule has 0 atom stereocenters. The highest BCUT2D eigenvalue weighted by Crippen LogP contribution is 2.19. The lowest BCUT2D eigenvalue weighted by Crippen LogP contribution is -2.34. The van der Waals surface area contributed by atoms with Crippen molar-refractivity contribution in [3.8, 4) is 35.7 Å². The van der Waals surface area contributed by atoms with Gasteiger partial charge in [-0.3, -0.25) is 4.79 Å². The van der Waals surface area contributed by atoms with Crippen molar-refractivity contribution >= 4 is 17.7 Å². The van der Waals surface area contributed by atoms with Crippen LogP contribution >= 0.6 is 0 Å². The van der Waals surface area contributed by atoms with E-state index in [1.807, 2.05) is 0 Å². The minimum atomic E-state index is -0.962. The number of terminal acetylenes is 1. The monoisotopic (exact) mass is 580 g/mol. The first-order valence-electron chi connectivity index (χ1n) is 13.3. The zero-order chi connectivity index (χ0) is 30.6. The third kappa shape index (κ3) is 12.9. The smallest absolute Gasteiger partial charge is 0.337 e. The molecule has 2 saturated heterocycles. The van der Waals surface area contributed by atoms with Gasteiger partial charge >= 0.3 is 11.9 Å². The Hall–Kier alpha value is -4.35. The molecule has 2 aliphatic heterocycles. The van der Waals surface area contributed by atoms with Crippen molar-refractivity contribution in [3.05, 3.63) is 59.7 Å². The summed E-state index contributed by atoms with van der Waals surface area (Å²) in [6.07, 6.45) is 7.32. The van der Waals surface area contributed by atoms with Gasteiger partial charge in [0.1, 0.15) is 36.1 Å². The fourth-order valence-corrected chi connectivity index (χ4v) is 3.49. The minimum Gasteiger partial charge on any atom is -0.481 e. The fourth-order valence-electron chi connectivity index (χ4n) is 3.49. The molecular formula is C32H36O10. The summed E-state index contributed by atoms with van der Waals surface area (Å²) >= 11 is 0. The average molecular weight is 581 g/mol. The number of hydrogen-bond acceptors (Lipinski definition) is 10. The number of carbonyl (C=O) groups excluding carboxylic acids is 3. The molecule has 0 unspecified atom stereocenters. The van der Waals surface area contributed by atoms with Gasteiger partial charge in [0.05, 0.1) is 51.8 Å². The molecule has 224 valence electrons. The predicted octanol–water partition coefficient (Wildman–Crippen LogP) is 3.25. The Balaban J connectivity index is 0.000000250. The SMILES string of the molecule is C#CCOc1ccc(C(=O)OC)cc1.COC(=O)c1ccc(OCC#CC2(O)CCOCC2)cc1.O=C1CCOCC1. The summed E-state index contributed by atoms with van der Waals surface area (Å²) < 4.78 is 29.8. The average Bonchev–Trinajstić information content (AvgIpc) is 3.03. The predicted molar refractivity (Wildman–Crippen MR) is 153 cm³/mol. The maximum absolute atomic E-state index is 11.3. The lowest BCUT2D eigenvalue weighted by Gasteiger charge is -2.26. The van der Waals surface area contributed by atoms with Gasteiger partial charge in [-0.05, 0) is 48.5 Å². The molecule has 2 heterocycles. The standard InChI is InChI=1S/C16H18O5.C11H10O3.C5H8O2/c1-19-15(17)13-3-5-14(6-4-13)21-10-2-7-16(18)8-11-20-12-9-16;1-3-8-14-10-6-4-9(5-7-10)11(12)13-2;6-5-1-3-7-4-2-5/h3-6,18H,8-12H2,1H3;1,4-7H,8H2,2H3;1-4H2. The van der Waals surface area contributed by atoms with Crippen LogP contribution in [0.2, 0.25) is 0 Å². The Morgan fingerprint density at radius 1 is 0.810 bits per heavy atom. The van der Waals surface area contributed by atoms with E-state index in [1.165, 1.54) is 14.2 Å². The Kier molecular flexibility index (Phi) is 15.2. The van der Waals surface area contributed by atoms with Crippen LogP contribution < -0.4 is 9.47 Å². The summed E-state index contributed by atoms with van der Waals surface area (Å²) in [5.74, 6) is 8.84. The molecule has 10 nitrogen and oxygen atoms in total. The first-order valence-corrected chi connectivity index (χ1v) is 13.3. The molecule has 0 aliphatic carbocycles. The molecule has 2 aliphatic rings. The van der Waals surface area contributed by atoms with E-state index in [1.54, 1.807) is 48.5 Å². The van der Waals surface area contributed by atoms with Gasteiger partial charge in [-0.2, -0.15) is 0 Å². The molecule has 0 amide bonds. The summed E-state index contributed by atoms with van der Waals surface area (Å²) in [5, 5.41) is 10.1. The number of Topliss-reactive ketones (excluding diaryl/α,β-unsaturated/α-hetero) is 1. The van der Waals surface area contributed by atoms with Crippen molar-refractivity contribution < 1.29 is 47.9 Å². The van der Waals surface area contributed by atoms with E-state index in [2.05, 4.69) is 27.2 Å². The van der Waals surface area contributed by atoms with Crippen molar-refractivity contribution in [2.75, 3.05) is 53.9 Å². The number of benzene rings is 2. The van der Waals surface area contributed by atoms with Crippen molar-refractivity contribution in [1.29, 1.82) is 0 Å². The van der Waals surface area contributed by atoms with Gasteiger partial charge in [-0.1, -0.05) is 17.8 Å². The number of hydrogen-bond donors (Lipinski definition) is 1. The van der Waals surface area contributed by atoms with Crippen LogP contribution in [0.5, 0.6) is 11.5 Å². The summed E-state index contributed by atoms with van der Waals surface area (Å²) in [4.78, 5) is 32.7. The van der Waals surface area contributed by atoms with Gasteiger partial charge in [0.2, 0.25) is 0 Å². The van der Waals surface area contributed by atoms with E-state index < -0.39 is 5.60 Å².